The number of thiophene rings is 1. The summed E-state index contributed by atoms with van der Waals surface area (Å²) in [5.41, 5.74) is 1.52. The van der Waals surface area contributed by atoms with Gasteiger partial charge < -0.3 is 9.80 Å². The molecule has 0 atom stereocenters. The molecule has 0 aromatic carbocycles. The van der Waals surface area contributed by atoms with E-state index in [0.717, 1.165) is 50.7 Å². The summed E-state index contributed by atoms with van der Waals surface area (Å²) < 4.78 is 0. The minimum absolute atomic E-state index is 0.331. The molecular formula is C23H32N4OS. The number of piperazine rings is 1. The first-order chi connectivity index (χ1) is 14.2. The van der Waals surface area contributed by atoms with Gasteiger partial charge in [0.15, 0.2) is 0 Å². The number of carbonyl (C=O) groups excluding carboxylic acids is 1. The van der Waals surface area contributed by atoms with Crippen molar-refractivity contribution in [3.63, 3.8) is 0 Å². The third kappa shape index (κ3) is 3.88. The molecule has 1 saturated heterocycles. The Bertz CT molecular complexity index is 896. The fraction of sp³-hybridized carbons (Fsp3) is 0.696. The van der Waals surface area contributed by atoms with Crippen LogP contribution in [0, 0.1) is 0 Å². The molecule has 0 unspecified atom stereocenters. The zero-order valence-corrected chi connectivity index (χ0v) is 18.4. The molecule has 6 heteroatoms. The third-order valence-electron chi connectivity index (χ3n) is 6.68. The van der Waals surface area contributed by atoms with Gasteiger partial charge in [-0.1, -0.05) is 19.8 Å². The number of aryl methyl sites for hydroxylation is 2. The lowest BCUT2D eigenvalue weighted by molar-refractivity contribution is -0.131. The van der Waals surface area contributed by atoms with E-state index in [2.05, 4.69) is 16.7 Å². The first kappa shape index (κ1) is 19.3. The van der Waals surface area contributed by atoms with Gasteiger partial charge in [0.2, 0.25) is 5.91 Å². The minimum atomic E-state index is 0.331. The highest BCUT2D eigenvalue weighted by atomic mass is 32.1. The van der Waals surface area contributed by atoms with Crippen molar-refractivity contribution in [3.05, 3.63) is 16.3 Å². The molecule has 2 aromatic rings. The van der Waals surface area contributed by atoms with Gasteiger partial charge in [-0.3, -0.25) is 4.79 Å². The number of anilines is 1. The Morgan fingerprint density at radius 2 is 1.86 bits per heavy atom. The summed E-state index contributed by atoms with van der Waals surface area (Å²) in [6.07, 6.45) is 11.5. The maximum atomic E-state index is 12.5. The first-order valence-corrected chi connectivity index (χ1v) is 12.4. The van der Waals surface area contributed by atoms with Crippen LogP contribution in [0.3, 0.4) is 0 Å². The van der Waals surface area contributed by atoms with E-state index in [1.807, 2.05) is 11.3 Å². The molecule has 1 amide bonds. The molecule has 0 spiro atoms. The van der Waals surface area contributed by atoms with E-state index in [0.29, 0.717) is 18.2 Å². The lowest BCUT2D eigenvalue weighted by Gasteiger charge is -2.36. The molecule has 0 radical (unpaired) electrons. The summed E-state index contributed by atoms with van der Waals surface area (Å²) in [6, 6.07) is 0. The van der Waals surface area contributed by atoms with E-state index in [1.54, 1.807) is 4.88 Å². The van der Waals surface area contributed by atoms with E-state index in [4.69, 9.17) is 9.97 Å². The average molecular weight is 413 g/mol. The molecule has 2 fully saturated rings. The highest BCUT2D eigenvalue weighted by Gasteiger charge is 2.31. The number of hydrogen-bond donors (Lipinski definition) is 0. The van der Waals surface area contributed by atoms with E-state index in [-0.39, 0.29) is 0 Å². The quantitative estimate of drug-likeness (QED) is 0.647. The molecular weight excluding hydrogens is 380 g/mol. The van der Waals surface area contributed by atoms with E-state index < -0.39 is 0 Å². The molecule has 156 valence electrons. The summed E-state index contributed by atoms with van der Waals surface area (Å²) in [4.78, 5) is 29.9. The lowest BCUT2D eigenvalue weighted by atomic mass is 9.97. The predicted molar refractivity (Wildman–Crippen MR) is 119 cm³/mol. The Hall–Kier alpha value is -1.69. The monoisotopic (exact) mass is 412 g/mol. The van der Waals surface area contributed by atoms with Crippen LogP contribution in [0.2, 0.25) is 0 Å². The van der Waals surface area contributed by atoms with Crippen LogP contribution in [0.1, 0.15) is 80.5 Å². The maximum Gasteiger partial charge on any atom is 0.222 e. The van der Waals surface area contributed by atoms with Crippen molar-refractivity contribution < 1.29 is 4.79 Å². The van der Waals surface area contributed by atoms with Gasteiger partial charge in [0.05, 0.1) is 5.39 Å². The SMILES string of the molecule is CCCCCC(=O)N1CCN(c2nc(C3CC3)nc3sc4c(c23)CCCC4)CC1. The molecule has 5 nitrogen and oxygen atoms in total. The molecule has 2 aromatic heterocycles. The summed E-state index contributed by atoms with van der Waals surface area (Å²) >= 11 is 1.91. The molecule has 2 aliphatic carbocycles. The van der Waals surface area contributed by atoms with Crippen molar-refractivity contribution in [1.29, 1.82) is 0 Å². The van der Waals surface area contributed by atoms with Gasteiger partial charge in [0.25, 0.3) is 0 Å². The van der Waals surface area contributed by atoms with Crippen molar-refractivity contribution in [2.45, 2.75) is 77.0 Å². The van der Waals surface area contributed by atoms with Crippen LogP contribution in [-0.2, 0) is 17.6 Å². The number of hydrogen-bond acceptors (Lipinski definition) is 5. The molecule has 29 heavy (non-hydrogen) atoms. The molecule has 5 rings (SSSR count). The van der Waals surface area contributed by atoms with Gasteiger partial charge >= 0.3 is 0 Å². The third-order valence-corrected chi connectivity index (χ3v) is 7.87. The summed E-state index contributed by atoms with van der Waals surface area (Å²) in [5, 5.41) is 1.33. The van der Waals surface area contributed by atoms with E-state index in [1.165, 1.54) is 60.7 Å². The highest BCUT2D eigenvalue weighted by Crippen LogP contribution is 2.44. The minimum Gasteiger partial charge on any atom is -0.352 e. The van der Waals surface area contributed by atoms with E-state index >= 15 is 0 Å². The number of nitrogens with zero attached hydrogens (tertiary/aromatic N) is 4. The smallest absolute Gasteiger partial charge is 0.222 e. The Morgan fingerprint density at radius 1 is 1.07 bits per heavy atom. The fourth-order valence-electron chi connectivity index (χ4n) is 4.76. The van der Waals surface area contributed by atoms with Crippen LogP contribution in [-0.4, -0.2) is 47.0 Å². The number of amides is 1. The van der Waals surface area contributed by atoms with Crippen molar-refractivity contribution in [1.82, 2.24) is 14.9 Å². The Morgan fingerprint density at radius 3 is 2.62 bits per heavy atom. The number of carbonyl (C=O) groups is 1. The first-order valence-electron chi connectivity index (χ1n) is 11.6. The number of aromatic nitrogens is 2. The lowest BCUT2D eigenvalue weighted by Crippen LogP contribution is -2.49. The largest absolute Gasteiger partial charge is 0.352 e. The molecule has 0 bridgehead atoms. The maximum absolute atomic E-state index is 12.5. The fourth-order valence-corrected chi connectivity index (χ4v) is 6.02. The molecule has 0 N–H and O–H groups in total. The van der Waals surface area contributed by atoms with Crippen molar-refractivity contribution in [2.24, 2.45) is 0 Å². The standard InChI is InChI=1S/C23H32N4OS/c1-2-3-4-9-19(28)26-12-14-27(15-13-26)22-20-17-7-5-6-8-18(17)29-23(20)25-21(24-22)16-10-11-16/h16H,2-15H2,1H3. The van der Waals surface area contributed by atoms with E-state index in [9.17, 15) is 4.79 Å². The summed E-state index contributed by atoms with van der Waals surface area (Å²) in [7, 11) is 0. The van der Waals surface area contributed by atoms with Crippen molar-refractivity contribution >= 4 is 33.3 Å². The summed E-state index contributed by atoms with van der Waals surface area (Å²) in [6.45, 7) is 5.61. The van der Waals surface area contributed by atoms with Gasteiger partial charge in [-0.2, -0.15) is 0 Å². The topological polar surface area (TPSA) is 49.3 Å². The Balaban J connectivity index is 1.38. The van der Waals surface area contributed by atoms with Crippen LogP contribution < -0.4 is 4.90 Å². The Kier molecular flexibility index (Phi) is 5.46. The van der Waals surface area contributed by atoms with Crippen LogP contribution in [0.15, 0.2) is 0 Å². The number of rotatable bonds is 6. The zero-order valence-electron chi connectivity index (χ0n) is 17.6. The molecule has 1 saturated carbocycles. The highest BCUT2D eigenvalue weighted by molar-refractivity contribution is 7.19. The van der Waals surface area contributed by atoms with Gasteiger partial charge in [0.1, 0.15) is 16.5 Å². The normalized spacial score (nSPS) is 19.6. The van der Waals surface area contributed by atoms with Crippen molar-refractivity contribution in [2.75, 3.05) is 31.1 Å². The molecule has 3 aliphatic rings. The van der Waals surface area contributed by atoms with Gasteiger partial charge in [-0.25, -0.2) is 9.97 Å². The second-order valence-corrected chi connectivity index (χ2v) is 9.98. The van der Waals surface area contributed by atoms with Crippen molar-refractivity contribution in [3.8, 4) is 0 Å². The second-order valence-electron chi connectivity index (χ2n) is 8.90. The van der Waals surface area contributed by atoms with Crippen LogP contribution in [0.4, 0.5) is 5.82 Å². The Labute approximate surface area is 177 Å². The van der Waals surface area contributed by atoms with Gasteiger partial charge in [-0.05, 0) is 50.5 Å². The van der Waals surface area contributed by atoms with Gasteiger partial charge in [0, 0.05) is 43.4 Å². The van der Waals surface area contributed by atoms with Crippen LogP contribution in [0.25, 0.3) is 10.2 Å². The van der Waals surface area contributed by atoms with Crippen LogP contribution >= 0.6 is 11.3 Å². The molecule has 1 aliphatic heterocycles. The summed E-state index contributed by atoms with van der Waals surface area (Å²) in [5.74, 6) is 3.12. The van der Waals surface area contributed by atoms with Gasteiger partial charge in [-0.15, -0.1) is 11.3 Å². The predicted octanol–water partition coefficient (Wildman–Crippen LogP) is 4.68. The zero-order chi connectivity index (χ0) is 19.8. The molecule has 3 heterocycles. The van der Waals surface area contributed by atoms with Crippen LogP contribution in [0.5, 0.6) is 0 Å². The second kappa shape index (κ2) is 8.21. The number of unbranched alkanes of at least 4 members (excludes halogenated alkanes) is 2. The number of fused-ring (bicyclic) bond motifs is 3. The average Bonchev–Trinajstić information content (AvgIpc) is 3.54.